The van der Waals surface area contributed by atoms with Gasteiger partial charge in [-0.3, -0.25) is 0 Å². The fourth-order valence-electron chi connectivity index (χ4n) is 4.09. The molecule has 34 heavy (non-hydrogen) atoms. The van der Waals surface area contributed by atoms with Crippen molar-refractivity contribution in [2.75, 3.05) is 32.9 Å². The SMILES string of the molecule is CC(C)(C)OC(=O)N1CCC(=CCCCOCCCO[C@H]2C[C@H](OCc3ccccc3)C2)CC1. The zero-order valence-corrected chi connectivity index (χ0v) is 21.3. The second-order valence-electron chi connectivity index (χ2n) is 10.3. The van der Waals surface area contributed by atoms with Crippen LogP contribution in [0.1, 0.15) is 71.3 Å². The van der Waals surface area contributed by atoms with Gasteiger partial charge in [0.1, 0.15) is 5.60 Å². The second kappa shape index (κ2) is 13.9. The molecule has 1 saturated carbocycles. The smallest absolute Gasteiger partial charge is 0.410 e. The van der Waals surface area contributed by atoms with Crippen LogP contribution in [-0.4, -0.2) is 61.7 Å². The number of piperidine rings is 1. The molecule has 0 unspecified atom stereocenters. The van der Waals surface area contributed by atoms with Crippen molar-refractivity contribution >= 4 is 6.09 Å². The number of likely N-dealkylation sites (tertiary alicyclic amines) is 1. The van der Waals surface area contributed by atoms with Gasteiger partial charge in [-0.2, -0.15) is 0 Å². The van der Waals surface area contributed by atoms with Crippen LogP contribution in [0.25, 0.3) is 0 Å². The Bertz CT molecular complexity index is 742. The van der Waals surface area contributed by atoms with Crippen LogP contribution in [0, 0.1) is 0 Å². The quantitative estimate of drug-likeness (QED) is 0.280. The normalized spacial score (nSPS) is 20.7. The monoisotopic (exact) mass is 473 g/mol. The van der Waals surface area contributed by atoms with Gasteiger partial charge in [0, 0.05) is 32.9 Å². The van der Waals surface area contributed by atoms with E-state index in [0.29, 0.717) is 18.8 Å². The summed E-state index contributed by atoms with van der Waals surface area (Å²) in [6.07, 6.45) is 9.68. The van der Waals surface area contributed by atoms with E-state index in [1.54, 1.807) is 0 Å². The van der Waals surface area contributed by atoms with Gasteiger partial charge in [-0.15, -0.1) is 0 Å². The van der Waals surface area contributed by atoms with Crippen LogP contribution in [0.2, 0.25) is 0 Å². The first-order valence-corrected chi connectivity index (χ1v) is 12.9. The van der Waals surface area contributed by atoms with Crippen LogP contribution >= 0.6 is 0 Å². The summed E-state index contributed by atoms with van der Waals surface area (Å²) < 4.78 is 23.0. The summed E-state index contributed by atoms with van der Waals surface area (Å²) in [5.74, 6) is 0. The lowest BCUT2D eigenvalue weighted by Gasteiger charge is -2.35. The van der Waals surface area contributed by atoms with Gasteiger partial charge in [-0.05, 0) is 71.3 Å². The summed E-state index contributed by atoms with van der Waals surface area (Å²) in [6.45, 7) is 10.2. The lowest BCUT2D eigenvalue weighted by molar-refractivity contribution is -0.108. The molecule has 1 heterocycles. The van der Waals surface area contributed by atoms with E-state index in [0.717, 1.165) is 77.9 Å². The minimum absolute atomic E-state index is 0.197. The molecule has 0 bridgehead atoms. The molecule has 1 aromatic carbocycles. The number of benzene rings is 1. The average Bonchev–Trinajstić information content (AvgIpc) is 2.78. The van der Waals surface area contributed by atoms with Crippen LogP contribution in [0.4, 0.5) is 4.79 Å². The molecule has 0 spiro atoms. The maximum atomic E-state index is 12.1. The first-order chi connectivity index (χ1) is 16.4. The minimum atomic E-state index is -0.433. The van der Waals surface area contributed by atoms with Crippen molar-refractivity contribution < 1.29 is 23.7 Å². The predicted octanol–water partition coefficient (Wildman–Crippen LogP) is 5.90. The Labute approximate surface area is 205 Å². The Morgan fingerprint density at radius 1 is 0.971 bits per heavy atom. The number of amides is 1. The summed E-state index contributed by atoms with van der Waals surface area (Å²) in [5, 5.41) is 0. The van der Waals surface area contributed by atoms with Gasteiger partial charge >= 0.3 is 6.09 Å². The number of unbranched alkanes of at least 4 members (excludes halogenated alkanes) is 1. The molecule has 0 N–H and O–H groups in total. The van der Waals surface area contributed by atoms with E-state index in [1.807, 2.05) is 43.9 Å². The van der Waals surface area contributed by atoms with E-state index in [1.165, 1.54) is 11.1 Å². The number of rotatable bonds is 12. The Hall–Kier alpha value is -1.89. The molecule has 1 saturated heterocycles. The third-order valence-electron chi connectivity index (χ3n) is 6.15. The van der Waals surface area contributed by atoms with Crippen molar-refractivity contribution in [2.45, 2.75) is 90.1 Å². The van der Waals surface area contributed by atoms with Crippen LogP contribution in [-0.2, 0) is 25.6 Å². The molecule has 1 aliphatic heterocycles. The minimum Gasteiger partial charge on any atom is -0.444 e. The maximum absolute atomic E-state index is 12.1. The Morgan fingerprint density at radius 3 is 2.35 bits per heavy atom. The Morgan fingerprint density at radius 2 is 1.65 bits per heavy atom. The van der Waals surface area contributed by atoms with Gasteiger partial charge in [0.2, 0.25) is 0 Å². The van der Waals surface area contributed by atoms with E-state index < -0.39 is 5.60 Å². The highest BCUT2D eigenvalue weighted by Crippen LogP contribution is 2.27. The first-order valence-electron chi connectivity index (χ1n) is 12.9. The molecule has 0 radical (unpaired) electrons. The van der Waals surface area contributed by atoms with Crippen LogP contribution in [0.3, 0.4) is 0 Å². The van der Waals surface area contributed by atoms with Gasteiger partial charge in [0.25, 0.3) is 0 Å². The summed E-state index contributed by atoms with van der Waals surface area (Å²) >= 11 is 0. The summed E-state index contributed by atoms with van der Waals surface area (Å²) in [4.78, 5) is 13.9. The summed E-state index contributed by atoms with van der Waals surface area (Å²) in [6, 6.07) is 10.3. The van der Waals surface area contributed by atoms with E-state index in [-0.39, 0.29) is 6.09 Å². The third-order valence-corrected chi connectivity index (χ3v) is 6.15. The molecule has 0 aromatic heterocycles. The van der Waals surface area contributed by atoms with Crippen LogP contribution < -0.4 is 0 Å². The molecule has 2 aliphatic rings. The molecule has 190 valence electrons. The van der Waals surface area contributed by atoms with E-state index >= 15 is 0 Å². The number of carbonyl (C=O) groups excluding carboxylic acids is 1. The van der Waals surface area contributed by atoms with Gasteiger partial charge in [-0.25, -0.2) is 4.79 Å². The zero-order chi connectivity index (χ0) is 24.2. The van der Waals surface area contributed by atoms with E-state index in [9.17, 15) is 4.79 Å². The fraction of sp³-hybridized carbons (Fsp3) is 0.679. The lowest BCUT2D eigenvalue weighted by Crippen LogP contribution is -2.40. The molecule has 2 fully saturated rings. The number of hydrogen-bond acceptors (Lipinski definition) is 5. The van der Waals surface area contributed by atoms with Crippen molar-refractivity contribution in [3.63, 3.8) is 0 Å². The van der Waals surface area contributed by atoms with E-state index in [2.05, 4.69) is 18.2 Å². The molecular formula is C28H43NO5. The molecule has 3 rings (SSSR count). The van der Waals surface area contributed by atoms with Crippen LogP contribution in [0.5, 0.6) is 0 Å². The molecule has 1 amide bonds. The second-order valence-corrected chi connectivity index (χ2v) is 10.3. The number of ether oxygens (including phenoxy) is 4. The lowest BCUT2D eigenvalue weighted by atomic mass is 9.92. The molecule has 6 heteroatoms. The van der Waals surface area contributed by atoms with Gasteiger partial charge < -0.3 is 23.8 Å². The first kappa shape index (κ1) is 26.7. The standard InChI is InChI=1S/C28H43NO5/c1-28(2,3)34-27(30)29-15-13-23(14-16-29)10-7-8-17-31-18-9-19-32-25-20-26(21-25)33-22-24-11-5-4-6-12-24/h4-6,10-12,25-26H,7-9,13-22H2,1-3H3/t25-,26-. The van der Waals surface area contributed by atoms with Gasteiger partial charge in [-0.1, -0.05) is 42.0 Å². The largest absolute Gasteiger partial charge is 0.444 e. The molecule has 0 atom stereocenters. The number of allylic oxidation sites excluding steroid dienone is 1. The van der Waals surface area contributed by atoms with Crippen molar-refractivity contribution in [1.82, 2.24) is 4.90 Å². The van der Waals surface area contributed by atoms with Gasteiger partial charge in [0.05, 0.1) is 18.8 Å². The summed E-state index contributed by atoms with van der Waals surface area (Å²) in [5.41, 5.74) is 2.24. The highest BCUT2D eigenvalue weighted by atomic mass is 16.6. The molecule has 6 nitrogen and oxygen atoms in total. The molecular weight excluding hydrogens is 430 g/mol. The van der Waals surface area contributed by atoms with Crippen molar-refractivity contribution in [3.8, 4) is 0 Å². The maximum Gasteiger partial charge on any atom is 0.410 e. The molecule has 1 aliphatic carbocycles. The number of hydrogen-bond donors (Lipinski definition) is 0. The van der Waals surface area contributed by atoms with Gasteiger partial charge in [0.15, 0.2) is 0 Å². The Balaban J connectivity index is 1.11. The van der Waals surface area contributed by atoms with Crippen molar-refractivity contribution in [1.29, 1.82) is 0 Å². The zero-order valence-electron chi connectivity index (χ0n) is 21.3. The molecule has 1 aromatic rings. The fourth-order valence-corrected chi connectivity index (χ4v) is 4.09. The Kier molecular flexibility index (Phi) is 10.9. The van der Waals surface area contributed by atoms with Crippen molar-refractivity contribution in [2.24, 2.45) is 0 Å². The van der Waals surface area contributed by atoms with Crippen molar-refractivity contribution in [3.05, 3.63) is 47.5 Å². The van der Waals surface area contributed by atoms with Crippen LogP contribution in [0.15, 0.2) is 42.0 Å². The number of nitrogens with zero attached hydrogens (tertiary/aromatic N) is 1. The highest BCUT2D eigenvalue weighted by molar-refractivity contribution is 5.68. The summed E-state index contributed by atoms with van der Waals surface area (Å²) in [7, 11) is 0. The topological polar surface area (TPSA) is 57.2 Å². The highest BCUT2D eigenvalue weighted by Gasteiger charge is 2.30. The third kappa shape index (κ3) is 10.2. The number of carbonyl (C=O) groups is 1. The van der Waals surface area contributed by atoms with E-state index in [4.69, 9.17) is 18.9 Å². The predicted molar refractivity (Wildman–Crippen MR) is 134 cm³/mol. The average molecular weight is 474 g/mol.